The van der Waals surface area contributed by atoms with E-state index in [1.807, 2.05) is 20.8 Å². The van der Waals surface area contributed by atoms with Crippen LogP contribution in [0.25, 0.3) is 11.1 Å². The van der Waals surface area contributed by atoms with Gasteiger partial charge in [-0.25, -0.2) is 0 Å². The molecule has 2 aromatic rings. The smallest absolute Gasteiger partial charge is 0.375 e. The molecule has 0 N–H and O–H groups in total. The van der Waals surface area contributed by atoms with E-state index in [2.05, 4.69) is 6.92 Å². The summed E-state index contributed by atoms with van der Waals surface area (Å²) in [5.74, 6) is 0.0509. The Balaban J connectivity index is 2.33. The van der Waals surface area contributed by atoms with E-state index < -0.39 is 29.1 Å². The van der Waals surface area contributed by atoms with E-state index in [9.17, 15) is 26.3 Å². The van der Waals surface area contributed by atoms with E-state index in [1.165, 1.54) is 25.7 Å². The minimum Gasteiger partial charge on any atom is -0.375 e. The Labute approximate surface area is 204 Å². The van der Waals surface area contributed by atoms with Gasteiger partial charge in [0.2, 0.25) is 0 Å². The molecule has 0 fully saturated rings. The standard InChI is InChI=1S/C28H36F6O/c1-5-7-8-9-10-11-12-25(26(3,4)35-6-2)21-15-13-20(14-16-21)22-17-23(27(29,30)31)19-24(18-22)28(32,33)34/h13-19,25H,5-12H2,1-4H3. The third kappa shape index (κ3) is 8.55. The summed E-state index contributed by atoms with van der Waals surface area (Å²) in [7, 11) is 0. The molecule has 0 heterocycles. The zero-order chi connectivity index (χ0) is 26.3. The first-order valence-corrected chi connectivity index (χ1v) is 12.3. The summed E-state index contributed by atoms with van der Waals surface area (Å²) in [6.07, 6.45) is -1.94. The van der Waals surface area contributed by atoms with Crippen LogP contribution >= 0.6 is 0 Å². The SMILES string of the molecule is CCCCCCCCC(c1ccc(-c2cc(C(F)(F)F)cc(C(F)(F)F)c2)cc1)C(C)(C)OCC. The fourth-order valence-corrected chi connectivity index (χ4v) is 4.55. The van der Waals surface area contributed by atoms with Crippen LogP contribution in [0.4, 0.5) is 26.3 Å². The number of unbranched alkanes of at least 4 members (excludes halogenated alkanes) is 5. The number of benzene rings is 2. The minimum atomic E-state index is -4.88. The fraction of sp³-hybridized carbons (Fsp3) is 0.571. The molecule has 2 aromatic carbocycles. The van der Waals surface area contributed by atoms with Gasteiger partial charge in [0.05, 0.1) is 16.7 Å². The number of hydrogen-bond acceptors (Lipinski definition) is 1. The molecule has 7 heteroatoms. The maximum atomic E-state index is 13.3. The molecule has 0 aliphatic rings. The third-order valence-corrected chi connectivity index (χ3v) is 6.44. The van der Waals surface area contributed by atoms with Crippen LogP contribution in [0.1, 0.15) is 95.2 Å². The predicted octanol–water partition coefficient (Wildman–Crippen LogP) is 10.0. The van der Waals surface area contributed by atoms with E-state index in [0.29, 0.717) is 12.2 Å². The summed E-state index contributed by atoms with van der Waals surface area (Å²) in [6.45, 7) is 8.69. The molecular formula is C28H36F6O. The average Bonchev–Trinajstić information content (AvgIpc) is 2.77. The van der Waals surface area contributed by atoms with Crippen LogP contribution in [0.3, 0.4) is 0 Å². The van der Waals surface area contributed by atoms with Gasteiger partial charge in [-0.3, -0.25) is 0 Å². The van der Waals surface area contributed by atoms with Crippen LogP contribution in [0, 0.1) is 0 Å². The van der Waals surface area contributed by atoms with Gasteiger partial charge in [-0.05, 0) is 62.1 Å². The van der Waals surface area contributed by atoms with E-state index >= 15 is 0 Å². The monoisotopic (exact) mass is 502 g/mol. The topological polar surface area (TPSA) is 9.23 Å². The van der Waals surface area contributed by atoms with Gasteiger partial charge >= 0.3 is 12.4 Å². The highest BCUT2D eigenvalue weighted by Gasteiger charge is 2.37. The molecule has 1 atom stereocenters. The van der Waals surface area contributed by atoms with Crippen molar-refractivity contribution in [2.45, 2.75) is 96.5 Å². The Morgan fingerprint density at radius 2 is 1.20 bits per heavy atom. The third-order valence-electron chi connectivity index (χ3n) is 6.44. The van der Waals surface area contributed by atoms with Crippen molar-refractivity contribution in [2.75, 3.05) is 6.61 Å². The lowest BCUT2D eigenvalue weighted by molar-refractivity contribution is -0.143. The highest BCUT2D eigenvalue weighted by molar-refractivity contribution is 5.66. The van der Waals surface area contributed by atoms with Gasteiger partial charge in [0, 0.05) is 12.5 Å². The zero-order valence-corrected chi connectivity index (χ0v) is 21.0. The van der Waals surface area contributed by atoms with Crippen molar-refractivity contribution in [3.05, 3.63) is 59.2 Å². The van der Waals surface area contributed by atoms with Crippen molar-refractivity contribution in [1.29, 1.82) is 0 Å². The largest absolute Gasteiger partial charge is 0.416 e. The highest BCUT2D eigenvalue weighted by Crippen LogP contribution is 2.40. The second-order valence-corrected chi connectivity index (χ2v) is 9.56. The van der Waals surface area contributed by atoms with Crippen LogP contribution < -0.4 is 0 Å². The molecule has 0 saturated heterocycles. The van der Waals surface area contributed by atoms with Crippen molar-refractivity contribution in [2.24, 2.45) is 0 Å². The first kappa shape index (κ1) is 29.2. The second-order valence-electron chi connectivity index (χ2n) is 9.56. The summed E-state index contributed by atoms with van der Waals surface area (Å²) >= 11 is 0. The summed E-state index contributed by atoms with van der Waals surface area (Å²) in [5.41, 5.74) is -1.94. The molecule has 0 bridgehead atoms. The Morgan fingerprint density at radius 3 is 1.69 bits per heavy atom. The first-order chi connectivity index (χ1) is 16.3. The first-order valence-electron chi connectivity index (χ1n) is 12.3. The molecular weight excluding hydrogens is 466 g/mol. The molecule has 0 aliphatic heterocycles. The number of rotatable bonds is 12. The van der Waals surface area contributed by atoms with Crippen molar-refractivity contribution in [1.82, 2.24) is 0 Å². The van der Waals surface area contributed by atoms with Gasteiger partial charge in [0.1, 0.15) is 0 Å². The molecule has 0 saturated carbocycles. The normalized spacial score (nSPS) is 13.8. The van der Waals surface area contributed by atoms with Gasteiger partial charge in [-0.2, -0.15) is 26.3 Å². The van der Waals surface area contributed by atoms with Crippen molar-refractivity contribution >= 4 is 0 Å². The average molecular weight is 503 g/mol. The summed E-state index contributed by atoms with van der Waals surface area (Å²) in [4.78, 5) is 0. The number of halogens is 6. The molecule has 35 heavy (non-hydrogen) atoms. The van der Waals surface area contributed by atoms with Gasteiger partial charge in [-0.15, -0.1) is 0 Å². The molecule has 0 aliphatic carbocycles. The van der Waals surface area contributed by atoms with Crippen LogP contribution in [-0.4, -0.2) is 12.2 Å². The second kappa shape index (κ2) is 12.3. The molecule has 0 radical (unpaired) electrons. The number of ether oxygens (including phenoxy) is 1. The lowest BCUT2D eigenvalue weighted by Gasteiger charge is -2.35. The molecule has 1 nitrogen and oxygen atoms in total. The summed E-state index contributed by atoms with van der Waals surface area (Å²) in [5, 5.41) is 0. The van der Waals surface area contributed by atoms with E-state index in [0.717, 1.165) is 37.0 Å². The minimum absolute atomic E-state index is 0.0509. The molecule has 0 amide bonds. The van der Waals surface area contributed by atoms with Gasteiger partial charge < -0.3 is 4.74 Å². The molecule has 2 rings (SSSR count). The fourth-order valence-electron chi connectivity index (χ4n) is 4.55. The molecule has 0 spiro atoms. The van der Waals surface area contributed by atoms with E-state index in [1.54, 1.807) is 24.3 Å². The number of hydrogen-bond donors (Lipinski definition) is 0. The molecule has 0 aromatic heterocycles. The van der Waals surface area contributed by atoms with Crippen molar-refractivity contribution in [3.8, 4) is 11.1 Å². The lowest BCUT2D eigenvalue weighted by atomic mass is 9.80. The molecule has 1 unspecified atom stereocenters. The number of alkyl halides is 6. The Morgan fingerprint density at radius 1 is 0.686 bits per heavy atom. The van der Waals surface area contributed by atoms with Crippen LogP contribution in [0.5, 0.6) is 0 Å². The van der Waals surface area contributed by atoms with Crippen molar-refractivity contribution in [3.63, 3.8) is 0 Å². The quantitative estimate of drug-likeness (QED) is 0.207. The Bertz CT molecular complexity index is 880. The highest BCUT2D eigenvalue weighted by atomic mass is 19.4. The van der Waals surface area contributed by atoms with Gasteiger partial charge in [0.25, 0.3) is 0 Å². The summed E-state index contributed by atoms with van der Waals surface area (Å²) in [6, 6.07) is 8.47. The summed E-state index contributed by atoms with van der Waals surface area (Å²) < 4.78 is 85.6. The van der Waals surface area contributed by atoms with E-state index in [-0.39, 0.29) is 17.5 Å². The van der Waals surface area contributed by atoms with Crippen LogP contribution in [-0.2, 0) is 17.1 Å². The maximum absolute atomic E-state index is 13.3. The van der Waals surface area contributed by atoms with Crippen LogP contribution in [0.2, 0.25) is 0 Å². The Kier molecular flexibility index (Phi) is 10.3. The van der Waals surface area contributed by atoms with Crippen LogP contribution in [0.15, 0.2) is 42.5 Å². The van der Waals surface area contributed by atoms with Gasteiger partial charge in [-0.1, -0.05) is 69.7 Å². The van der Waals surface area contributed by atoms with Crippen molar-refractivity contribution < 1.29 is 31.1 Å². The predicted molar refractivity (Wildman–Crippen MR) is 128 cm³/mol. The molecule has 196 valence electrons. The maximum Gasteiger partial charge on any atom is 0.416 e. The lowest BCUT2D eigenvalue weighted by Crippen LogP contribution is -2.33. The van der Waals surface area contributed by atoms with Gasteiger partial charge in [0.15, 0.2) is 0 Å². The Hall–Kier alpha value is -2.02. The van der Waals surface area contributed by atoms with E-state index in [4.69, 9.17) is 4.74 Å². The zero-order valence-electron chi connectivity index (χ0n) is 21.0.